The highest BCUT2D eigenvalue weighted by Crippen LogP contribution is 2.31. The average Bonchev–Trinajstić information content (AvgIpc) is 2.80. The number of nitrogens with two attached hydrogens (primary N) is 2. The third-order valence-electron chi connectivity index (χ3n) is 5.98. The number of carbonyl (C=O) groups excluding carboxylic acids is 2. The first-order valence-electron chi connectivity index (χ1n) is 11.4. The van der Waals surface area contributed by atoms with E-state index in [1.54, 1.807) is 18.2 Å². The van der Waals surface area contributed by atoms with Crippen molar-refractivity contribution in [1.29, 1.82) is 0 Å². The topological polar surface area (TPSA) is 168 Å². The third-order valence-corrected chi connectivity index (χ3v) is 5.98. The lowest BCUT2D eigenvalue weighted by Gasteiger charge is -2.34. The van der Waals surface area contributed by atoms with Crippen molar-refractivity contribution in [3.63, 3.8) is 0 Å². The number of rotatable bonds is 9. The Labute approximate surface area is 199 Å². The number of nitrogens with zero attached hydrogens (tertiary/aromatic N) is 2. The smallest absolute Gasteiger partial charge is 0.271 e. The quantitative estimate of drug-likeness (QED) is 0.306. The van der Waals surface area contributed by atoms with Crippen LogP contribution in [0.1, 0.15) is 61.3 Å². The van der Waals surface area contributed by atoms with E-state index in [1.165, 1.54) is 6.08 Å². The van der Waals surface area contributed by atoms with Crippen molar-refractivity contribution in [3.8, 4) is 0 Å². The molecule has 10 nitrogen and oxygen atoms in total. The van der Waals surface area contributed by atoms with E-state index in [1.807, 2.05) is 13.8 Å². The predicted octanol–water partition coefficient (Wildman–Crippen LogP) is 2.57. The van der Waals surface area contributed by atoms with Crippen LogP contribution in [0.5, 0.6) is 0 Å². The lowest BCUT2D eigenvalue weighted by atomic mass is 9.83. The standard InChI is InChI=1S/C24H33N7O3/c1-4-17-22(27-15-8-10-24(3,34)11-9-15)31-23(20(30-17)21(26)33)28-16-7-6-14(13-25)18(12-16)29-19(32)5-2/h5-7,12,15,34H,2,4,8-11,13,25H2,1,3H3,(H2,26,33)(H,29,32)(H2,27,28,31). The molecule has 0 unspecified atom stereocenters. The summed E-state index contributed by atoms with van der Waals surface area (Å²) in [5.74, 6) is -0.296. The first-order valence-corrected chi connectivity index (χ1v) is 11.4. The van der Waals surface area contributed by atoms with Crippen molar-refractivity contribution < 1.29 is 14.7 Å². The van der Waals surface area contributed by atoms with E-state index in [9.17, 15) is 14.7 Å². The summed E-state index contributed by atoms with van der Waals surface area (Å²) in [4.78, 5) is 33.1. The highest BCUT2D eigenvalue weighted by atomic mass is 16.3. The van der Waals surface area contributed by atoms with Gasteiger partial charge in [-0.25, -0.2) is 9.97 Å². The van der Waals surface area contributed by atoms with Crippen LogP contribution in [0.25, 0.3) is 0 Å². The number of aryl methyl sites for hydroxylation is 1. The van der Waals surface area contributed by atoms with Crippen LogP contribution in [0, 0.1) is 0 Å². The van der Waals surface area contributed by atoms with Crippen molar-refractivity contribution in [2.24, 2.45) is 11.5 Å². The Balaban J connectivity index is 1.93. The van der Waals surface area contributed by atoms with Gasteiger partial charge in [-0.05, 0) is 62.8 Å². The van der Waals surface area contributed by atoms with E-state index in [0.717, 1.165) is 18.4 Å². The number of benzene rings is 1. The number of hydrogen-bond donors (Lipinski definition) is 6. The fraction of sp³-hybridized carbons (Fsp3) is 0.417. The van der Waals surface area contributed by atoms with Crippen LogP contribution in [0.15, 0.2) is 30.9 Å². The maximum atomic E-state index is 12.2. The monoisotopic (exact) mass is 467 g/mol. The molecular weight excluding hydrogens is 434 g/mol. The van der Waals surface area contributed by atoms with Gasteiger partial charge in [0, 0.05) is 24.0 Å². The van der Waals surface area contributed by atoms with Crippen molar-refractivity contribution in [2.45, 2.75) is 64.1 Å². The summed E-state index contributed by atoms with van der Waals surface area (Å²) < 4.78 is 0. The first kappa shape index (κ1) is 25.1. The Morgan fingerprint density at radius 3 is 2.56 bits per heavy atom. The molecule has 0 spiro atoms. The van der Waals surface area contributed by atoms with E-state index in [0.29, 0.717) is 42.1 Å². The summed E-state index contributed by atoms with van der Waals surface area (Å²) in [6.07, 6.45) is 4.70. The third kappa shape index (κ3) is 6.09. The van der Waals surface area contributed by atoms with Crippen LogP contribution in [0.3, 0.4) is 0 Å². The lowest BCUT2D eigenvalue weighted by Crippen LogP contribution is -2.36. The van der Waals surface area contributed by atoms with E-state index in [-0.39, 0.29) is 30.0 Å². The molecule has 1 aromatic carbocycles. The van der Waals surface area contributed by atoms with Gasteiger partial charge in [0.05, 0.1) is 11.3 Å². The Hall–Kier alpha value is -3.50. The van der Waals surface area contributed by atoms with E-state index < -0.39 is 11.5 Å². The minimum atomic E-state index is -0.705. The van der Waals surface area contributed by atoms with Crippen LogP contribution < -0.4 is 27.4 Å². The number of amides is 2. The number of hydrogen-bond acceptors (Lipinski definition) is 8. The minimum absolute atomic E-state index is 0.0218. The molecule has 0 aliphatic heterocycles. The zero-order valence-electron chi connectivity index (χ0n) is 19.6. The number of anilines is 4. The number of aliphatic hydroxyl groups is 1. The number of primary amides is 1. The summed E-state index contributed by atoms with van der Waals surface area (Å²) in [5, 5.41) is 19.5. The van der Waals surface area contributed by atoms with E-state index in [2.05, 4.69) is 32.5 Å². The molecule has 10 heteroatoms. The molecule has 34 heavy (non-hydrogen) atoms. The van der Waals surface area contributed by atoms with Crippen LogP contribution in [0.2, 0.25) is 0 Å². The molecule has 3 rings (SSSR count). The van der Waals surface area contributed by atoms with Crippen molar-refractivity contribution in [2.75, 3.05) is 16.0 Å². The highest BCUT2D eigenvalue weighted by molar-refractivity contribution is 6.00. The Morgan fingerprint density at radius 1 is 1.26 bits per heavy atom. The average molecular weight is 468 g/mol. The molecule has 0 saturated heterocycles. The fourth-order valence-electron chi connectivity index (χ4n) is 3.94. The van der Waals surface area contributed by atoms with Gasteiger partial charge in [-0.15, -0.1) is 0 Å². The van der Waals surface area contributed by atoms with Crippen LogP contribution >= 0.6 is 0 Å². The van der Waals surface area contributed by atoms with Gasteiger partial charge >= 0.3 is 0 Å². The largest absolute Gasteiger partial charge is 0.390 e. The lowest BCUT2D eigenvalue weighted by molar-refractivity contribution is -0.111. The minimum Gasteiger partial charge on any atom is -0.390 e. The van der Waals surface area contributed by atoms with Gasteiger partial charge in [-0.3, -0.25) is 9.59 Å². The fourth-order valence-corrected chi connectivity index (χ4v) is 3.94. The molecule has 2 amide bonds. The molecular formula is C24H33N7O3. The number of carbonyl (C=O) groups is 2. The second kappa shape index (κ2) is 10.6. The normalized spacial score (nSPS) is 19.8. The summed E-state index contributed by atoms with van der Waals surface area (Å²) in [6.45, 7) is 7.48. The van der Waals surface area contributed by atoms with Gasteiger partial charge in [0.25, 0.3) is 5.91 Å². The molecule has 0 bridgehead atoms. The van der Waals surface area contributed by atoms with Crippen molar-refractivity contribution >= 4 is 34.8 Å². The van der Waals surface area contributed by atoms with Crippen molar-refractivity contribution in [1.82, 2.24) is 9.97 Å². The summed E-state index contributed by atoms with van der Waals surface area (Å²) in [6, 6.07) is 5.37. The molecule has 1 heterocycles. The second-order valence-electron chi connectivity index (χ2n) is 8.74. The van der Waals surface area contributed by atoms with E-state index >= 15 is 0 Å². The van der Waals surface area contributed by atoms with Crippen molar-refractivity contribution in [3.05, 3.63) is 47.8 Å². The SMILES string of the molecule is C=CC(=O)Nc1cc(Nc2nc(NC3CCC(C)(O)CC3)c(CC)nc2C(N)=O)ccc1CN. The van der Waals surface area contributed by atoms with Crippen LogP contribution in [-0.4, -0.2) is 38.5 Å². The molecule has 8 N–H and O–H groups in total. The van der Waals surface area contributed by atoms with Crippen LogP contribution in [-0.2, 0) is 17.8 Å². The Kier molecular flexibility index (Phi) is 7.85. The number of aromatic nitrogens is 2. The highest BCUT2D eigenvalue weighted by Gasteiger charge is 2.29. The maximum Gasteiger partial charge on any atom is 0.271 e. The predicted molar refractivity (Wildman–Crippen MR) is 133 cm³/mol. The van der Waals surface area contributed by atoms with Gasteiger partial charge in [-0.2, -0.15) is 0 Å². The van der Waals surface area contributed by atoms with E-state index in [4.69, 9.17) is 11.5 Å². The van der Waals surface area contributed by atoms with Crippen LogP contribution in [0.4, 0.5) is 23.0 Å². The molecule has 1 aliphatic rings. The molecule has 182 valence electrons. The Morgan fingerprint density at radius 2 is 1.97 bits per heavy atom. The molecule has 2 aromatic rings. The molecule has 1 fully saturated rings. The van der Waals surface area contributed by atoms with Gasteiger partial charge in [0.1, 0.15) is 5.82 Å². The Bertz CT molecular complexity index is 1070. The number of nitrogens with one attached hydrogen (secondary N) is 3. The van der Waals surface area contributed by atoms with Gasteiger partial charge in [-0.1, -0.05) is 19.6 Å². The van der Waals surface area contributed by atoms with Gasteiger partial charge in [0.2, 0.25) is 5.91 Å². The molecule has 1 saturated carbocycles. The first-order chi connectivity index (χ1) is 16.2. The van der Waals surface area contributed by atoms with Gasteiger partial charge < -0.3 is 32.5 Å². The summed E-state index contributed by atoms with van der Waals surface area (Å²) in [7, 11) is 0. The second-order valence-corrected chi connectivity index (χ2v) is 8.74. The molecule has 1 aliphatic carbocycles. The molecule has 0 atom stereocenters. The maximum absolute atomic E-state index is 12.2. The zero-order chi connectivity index (χ0) is 24.9. The summed E-state index contributed by atoms with van der Waals surface area (Å²) >= 11 is 0. The molecule has 1 aromatic heterocycles. The molecule has 0 radical (unpaired) electrons. The summed E-state index contributed by atoms with van der Waals surface area (Å²) in [5.41, 5.74) is 13.2. The van der Waals surface area contributed by atoms with Gasteiger partial charge in [0.15, 0.2) is 11.5 Å². The zero-order valence-corrected chi connectivity index (χ0v) is 19.6.